The number of nitro benzene ring substituents is 1. The Hall–Kier alpha value is -2.75. The maximum atomic E-state index is 12.3. The molecule has 0 saturated carbocycles. The zero-order valence-electron chi connectivity index (χ0n) is 13.8. The van der Waals surface area contributed by atoms with Crippen molar-refractivity contribution in [3.05, 3.63) is 74.1 Å². The lowest BCUT2D eigenvalue weighted by Crippen LogP contribution is -2.07. The van der Waals surface area contributed by atoms with Gasteiger partial charge < -0.3 is 4.74 Å². The molecule has 0 aliphatic heterocycles. The van der Waals surface area contributed by atoms with Gasteiger partial charge >= 0.3 is 5.97 Å². The fourth-order valence-electron chi connectivity index (χ4n) is 2.42. The third-order valence-electron chi connectivity index (χ3n) is 3.66. The molecule has 0 unspecified atom stereocenters. The molecule has 132 valence electrons. The van der Waals surface area contributed by atoms with Crippen LogP contribution in [0, 0.1) is 13.7 Å². The van der Waals surface area contributed by atoms with Crippen molar-refractivity contribution in [3.63, 3.8) is 0 Å². The molecule has 26 heavy (non-hydrogen) atoms. The van der Waals surface area contributed by atoms with E-state index >= 15 is 0 Å². The summed E-state index contributed by atoms with van der Waals surface area (Å²) >= 11 is 2.21. The number of halogens is 1. The van der Waals surface area contributed by atoms with Gasteiger partial charge in [0.1, 0.15) is 0 Å². The fourth-order valence-corrected chi connectivity index (χ4v) is 2.78. The molecule has 3 rings (SSSR count). The lowest BCUT2D eigenvalue weighted by atomic mass is 10.1. The number of esters is 1. The molecule has 0 saturated heterocycles. The Morgan fingerprint density at radius 2 is 1.85 bits per heavy atom. The number of ether oxygens (including phenoxy) is 1. The molecule has 1 heterocycles. The highest BCUT2D eigenvalue weighted by Gasteiger charge is 2.20. The highest BCUT2D eigenvalue weighted by molar-refractivity contribution is 14.1. The Balaban J connectivity index is 2.08. The molecule has 0 N–H and O–H groups in total. The number of hydrogen-bond acceptors (Lipinski definition) is 5. The van der Waals surface area contributed by atoms with E-state index in [0.717, 1.165) is 9.26 Å². The fraction of sp³-hybridized carbons (Fsp3) is 0.111. The molecule has 3 aromatic rings. The first-order chi connectivity index (χ1) is 12.5. The van der Waals surface area contributed by atoms with Gasteiger partial charge in [0, 0.05) is 27.5 Å². The Bertz CT molecular complexity index is 950. The van der Waals surface area contributed by atoms with Gasteiger partial charge in [-0.1, -0.05) is 0 Å². The van der Waals surface area contributed by atoms with Gasteiger partial charge in [-0.15, -0.1) is 0 Å². The van der Waals surface area contributed by atoms with Crippen LogP contribution >= 0.6 is 22.6 Å². The number of carbonyl (C=O) groups is 1. The second-order valence-corrected chi connectivity index (χ2v) is 6.58. The van der Waals surface area contributed by atoms with Crippen LogP contribution in [0.15, 0.2) is 54.7 Å². The summed E-state index contributed by atoms with van der Waals surface area (Å²) in [7, 11) is 0. The molecule has 8 heteroatoms. The Kier molecular flexibility index (Phi) is 5.31. The number of nitro groups is 1. The molecule has 2 aromatic carbocycles. The molecular weight excluding hydrogens is 449 g/mol. The number of benzene rings is 2. The molecule has 0 radical (unpaired) electrons. The number of aromatic nitrogens is 2. The van der Waals surface area contributed by atoms with Gasteiger partial charge in [0.05, 0.1) is 17.2 Å². The molecule has 0 atom stereocenters. The largest absolute Gasteiger partial charge is 0.461 e. The average molecular weight is 463 g/mol. The molecule has 0 amide bonds. The van der Waals surface area contributed by atoms with Gasteiger partial charge in [-0.3, -0.25) is 10.1 Å². The monoisotopic (exact) mass is 463 g/mol. The van der Waals surface area contributed by atoms with E-state index in [1.54, 1.807) is 29.9 Å². The van der Waals surface area contributed by atoms with Crippen molar-refractivity contribution >= 4 is 34.2 Å². The van der Waals surface area contributed by atoms with Gasteiger partial charge in [0.25, 0.3) is 5.69 Å². The van der Waals surface area contributed by atoms with E-state index in [2.05, 4.69) is 27.7 Å². The van der Waals surface area contributed by atoms with Crippen LogP contribution in [0.3, 0.4) is 0 Å². The SMILES string of the molecule is CCOC(=O)c1nn(-c2ccc(I)cc2)cc1-c1ccc([N+](=O)[O-])cc1. The van der Waals surface area contributed by atoms with Crippen molar-refractivity contribution in [2.75, 3.05) is 6.61 Å². The predicted octanol–water partition coefficient (Wildman–Crippen LogP) is 4.23. The minimum Gasteiger partial charge on any atom is -0.461 e. The summed E-state index contributed by atoms with van der Waals surface area (Å²) in [5, 5.41) is 15.2. The summed E-state index contributed by atoms with van der Waals surface area (Å²) in [6.45, 7) is 1.95. The zero-order valence-corrected chi connectivity index (χ0v) is 15.9. The summed E-state index contributed by atoms with van der Waals surface area (Å²) < 4.78 is 7.78. The van der Waals surface area contributed by atoms with Crippen LogP contribution in [-0.4, -0.2) is 27.3 Å². The van der Waals surface area contributed by atoms with Crippen molar-refractivity contribution < 1.29 is 14.5 Å². The van der Waals surface area contributed by atoms with Gasteiger partial charge in [-0.2, -0.15) is 5.10 Å². The van der Waals surface area contributed by atoms with E-state index < -0.39 is 10.9 Å². The van der Waals surface area contributed by atoms with Crippen LogP contribution in [0.4, 0.5) is 5.69 Å². The van der Waals surface area contributed by atoms with Gasteiger partial charge in [-0.25, -0.2) is 9.48 Å². The number of nitrogens with zero attached hydrogens (tertiary/aromatic N) is 3. The van der Waals surface area contributed by atoms with E-state index in [-0.39, 0.29) is 18.0 Å². The standard InChI is InChI=1S/C18H14IN3O4/c1-2-26-18(23)17-16(12-3-7-15(8-4-12)22(24)25)11-21(20-17)14-9-5-13(19)6-10-14/h3-11H,2H2,1H3. The van der Waals surface area contributed by atoms with E-state index in [1.807, 2.05) is 24.3 Å². The van der Waals surface area contributed by atoms with Gasteiger partial charge in [0.2, 0.25) is 0 Å². The van der Waals surface area contributed by atoms with Crippen LogP contribution in [0.2, 0.25) is 0 Å². The smallest absolute Gasteiger partial charge is 0.359 e. The molecule has 0 aliphatic carbocycles. The van der Waals surface area contributed by atoms with E-state index in [1.165, 1.54) is 12.1 Å². The average Bonchev–Trinajstić information content (AvgIpc) is 3.08. The van der Waals surface area contributed by atoms with Gasteiger partial charge in [0.15, 0.2) is 5.69 Å². The van der Waals surface area contributed by atoms with Crippen LogP contribution in [0.5, 0.6) is 0 Å². The number of non-ortho nitro benzene ring substituents is 1. The first kappa shape index (κ1) is 18.1. The Morgan fingerprint density at radius 1 is 1.19 bits per heavy atom. The third kappa shape index (κ3) is 3.74. The minimum atomic E-state index is -0.537. The highest BCUT2D eigenvalue weighted by atomic mass is 127. The predicted molar refractivity (Wildman–Crippen MR) is 104 cm³/mol. The minimum absolute atomic E-state index is 0.0172. The van der Waals surface area contributed by atoms with E-state index in [9.17, 15) is 14.9 Å². The molecule has 0 fully saturated rings. The van der Waals surface area contributed by atoms with Crippen molar-refractivity contribution in [1.82, 2.24) is 9.78 Å². The highest BCUT2D eigenvalue weighted by Crippen LogP contribution is 2.27. The quantitative estimate of drug-likeness (QED) is 0.245. The Labute approximate surface area is 162 Å². The summed E-state index contributed by atoms with van der Waals surface area (Å²) in [5.74, 6) is -0.537. The second-order valence-electron chi connectivity index (χ2n) is 5.34. The second kappa shape index (κ2) is 7.65. The maximum absolute atomic E-state index is 12.3. The maximum Gasteiger partial charge on any atom is 0.359 e. The number of rotatable bonds is 5. The Morgan fingerprint density at radius 3 is 2.42 bits per heavy atom. The third-order valence-corrected chi connectivity index (χ3v) is 4.38. The molecule has 0 spiro atoms. The number of carbonyl (C=O) groups excluding carboxylic acids is 1. The van der Waals surface area contributed by atoms with Gasteiger partial charge in [-0.05, 0) is 71.5 Å². The molecule has 0 bridgehead atoms. The van der Waals surface area contributed by atoms with Crippen LogP contribution < -0.4 is 0 Å². The lowest BCUT2D eigenvalue weighted by molar-refractivity contribution is -0.384. The summed E-state index contributed by atoms with van der Waals surface area (Å²) in [4.78, 5) is 22.7. The van der Waals surface area contributed by atoms with Crippen LogP contribution in [0.25, 0.3) is 16.8 Å². The zero-order chi connectivity index (χ0) is 18.7. The van der Waals surface area contributed by atoms with Crippen molar-refractivity contribution in [2.45, 2.75) is 6.92 Å². The molecule has 7 nitrogen and oxygen atoms in total. The van der Waals surface area contributed by atoms with Crippen molar-refractivity contribution in [1.29, 1.82) is 0 Å². The summed E-state index contributed by atoms with van der Waals surface area (Å²) in [5.41, 5.74) is 2.15. The molecular formula is C18H14IN3O4. The summed E-state index contributed by atoms with van der Waals surface area (Å²) in [6.07, 6.45) is 1.72. The van der Waals surface area contributed by atoms with E-state index in [4.69, 9.17) is 4.74 Å². The van der Waals surface area contributed by atoms with Crippen molar-refractivity contribution in [3.8, 4) is 16.8 Å². The molecule has 1 aromatic heterocycles. The lowest BCUT2D eigenvalue weighted by Gasteiger charge is -2.02. The first-order valence-electron chi connectivity index (χ1n) is 7.77. The first-order valence-corrected chi connectivity index (χ1v) is 8.85. The van der Waals surface area contributed by atoms with Crippen molar-refractivity contribution in [2.24, 2.45) is 0 Å². The van der Waals surface area contributed by atoms with Crippen LogP contribution in [0.1, 0.15) is 17.4 Å². The summed E-state index contributed by atoms with van der Waals surface area (Å²) in [6, 6.07) is 13.6. The topological polar surface area (TPSA) is 87.3 Å². The van der Waals surface area contributed by atoms with E-state index in [0.29, 0.717) is 11.1 Å². The normalized spacial score (nSPS) is 10.5. The van der Waals surface area contributed by atoms with Crippen LogP contribution in [-0.2, 0) is 4.74 Å². The molecule has 0 aliphatic rings. The number of hydrogen-bond donors (Lipinski definition) is 0.